The Kier molecular flexibility index (Phi) is 56.2. The van der Waals surface area contributed by atoms with Crippen LogP contribution in [0.15, 0.2) is 36.5 Å². The first-order valence-electron chi connectivity index (χ1n) is 30.5. The van der Waals surface area contributed by atoms with Crippen molar-refractivity contribution in [3.05, 3.63) is 36.5 Å². The first-order valence-corrected chi connectivity index (χ1v) is 30.5. The molecule has 0 heterocycles. The molecule has 0 rings (SSSR count). The Morgan fingerprint density at radius 3 is 0.884 bits per heavy atom. The van der Waals surface area contributed by atoms with Crippen molar-refractivity contribution < 1.29 is 28.6 Å². The van der Waals surface area contributed by atoms with Gasteiger partial charge in [-0.3, -0.25) is 14.4 Å². The molecular weight excluding hydrogens is 853 g/mol. The monoisotopic (exact) mass is 969 g/mol. The van der Waals surface area contributed by atoms with E-state index in [0.29, 0.717) is 19.3 Å². The third-order valence-electron chi connectivity index (χ3n) is 13.7. The summed E-state index contributed by atoms with van der Waals surface area (Å²) in [5.74, 6) is -0.851. The zero-order valence-electron chi connectivity index (χ0n) is 46.3. The lowest BCUT2D eigenvalue weighted by Crippen LogP contribution is -2.30. The van der Waals surface area contributed by atoms with Crippen molar-refractivity contribution in [3.8, 4) is 0 Å². The minimum absolute atomic E-state index is 0.0682. The molecule has 0 aliphatic heterocycles. The van der Waals surface area contributed by atoms with E-state index >= 15 is 0 Å². The van der Waals surface area contributed by atoms with Gasteiger partial charge in [-0.15, -0.1) is 0 Å². The second-order valence-electron chi connectivity index (χ2n) is 20.6. The van der Waals surface area contributed by atoms with E-state index in [1.807, 2.05) is 0 Å². The Bertz CT molecular complexity index is 1160. The number of rotatable bonds is 56. The first-order chi connectivity index (χ1) is 34.0. The average Bonchev–Trinajstić information content (AvgIpc) is 3.35. The maximum Gasteiger partial charge on any atom is 0.306 e. The molecule has 0 aromatic rings. The van der Waals surface area contributed by atoms with Crippen molar-refractivity contribution in [2.45, 2.75) is 335 Å². The lowest BCUT2D eigenvalue weighted by atomic mass is 10.0. The normalized spacial score (nSPS) is 12.2. The van der Waals surface area contributed by atoms with Gasteiger partial charge in [-0.1, -0.05) is 295 Å². The number of carbonyl (C=O) groups excluding carboxylic acids is 3. The number of allylic oxidation sites excluding steroid dienone is 6. The van der Waals surface area contributed by atoms with Crippen LogP contribution in [0.1, 0.15) is 329 Å². The fourth-order valence-corrected chi connectivity index (χ4v) is 9.11. The zero-order valence-corrected chi connectivity index (χ0v) is 46.3. The van der Waals surface area contributed by atoms with E-state index in [-0.39, 0.29) is 31.1 Å². The number of hydrogen-bond acceptors (Lipinski definition) is 6. The van der Waals surface area contributed by atoms with Crippen molar-refractivity contribution in [2.24, 2.45) is 0 Å². The molecule has 1 unspecified atom stereocenters. The van der Waals surface area contributed by atoms with Crippen LogP contribution in [0.2, 0.25) is 0 Å². The molecule has 6 nitrogen and oxygen atoms in total. The van der Waals surface area contributed by atoms with Crippen LogP contribution in [-0.4, -0.2) is 37.2 Å². The van der Waals surface area contributed by atoms with E-state index in [1.165, 1.54) is 212 Å². The maximum atomic E-state index is 12.9. The largest absolute Gasteiger partial charge is 0.462 e. The molecule has 6 heteroatoms. The van der Waals surface area contributed by atoms with E-state index in [4.69, 9.17) is 14.2 Å². The minimum atomic E-state index is -0.770. The van der Waals surface area contributed by atoms with Crippen LogP contribution >= 0.6 is 0 Å². The van der Waals surface area contributed by atoms with Gasteiger partial charge in [-0.25, -0.2) is 0 Å². The SMILES string of the molecule is CC/C=C\C/C=C\C/C=C\CCCCCCCCCCCC(=O)OCC(COC(=O)CCCCCCCCCCCCCCC)OC(=O)CCCCCCCCCCCCCCCCCCCCC. The van der Waals surface area contributed by atoms with Gasteiger partial charge in [0.1, 0.15) is 13.2 Å². The van der Waals surface area contributed by atoms with Gasteiger partial charge in [0, 0.05) is 19.3 Å². The number of hydrogen-bond donors (Lipinski definition) is 0. The highest BCUT2D eigenvalue weighted by Crippen LogP contribution is 2.17. The van der Waals surface area contributed by atoms with E-state index in [2.05, 4.69) is 57.2 Å². The van der Waals surface area contributed by atoms with Crippen LogP contribution in [-0.2, 0) is 28.6 Å². The predicted octanol–water partition coefficient (Wildman–Crippen LogP) is 20.4. The van der Waals surface area contributed by atoms with Gasteiger partial charge in [0.05, 0.1) is 0 Å². The van der Waals surface area contributed by atoms with Crippen LogP contribution in [0.25, 0.3) is 0 Å². The molecule has 0 aromatic carbocycles. The second kappa shape index (κ2) is 58.2. The summed E-state index contributed by atoms with van der Waals surface area (Å²) in [5.41, 5.74) is 0. The average molecular weight is 970 g/mol. The van der Waals surface area contributed by atoms with Gasteiger partial charge in [0.2, 0.25) is 0 Å². The summed E-state index contributed by atoms with van der Waals surface area (Å²) in [6, 6.07) is 0. The number of carbonyl (C=O) groups is 3. The van der Waals surface area contributed by atoms with Crippen LogP contribution in [0.4, 0.5) is 0 Å². The molecule has 0 saturated heterocycles. The molecule has 69 heavy (non-hydrogen) atoms. The fourth-order valence-electron chi connectivity index (χ4n) is 9.11. The molecule has 0 fully saturated rings. The van der Waals surface area contributed by atoms with Crippen molar-refractivity contribution in [1.82, 2.24) is 0 Å². The van der Waals surface area contributed by atoms with Gasteiger partial charge < -0.3 is 14.2 Å². The van der Waals surface area contributed by atoms with E-state index < -0.39 is 6.10 Å². The Morgan fingerprint density at radius 1 is 0.304 bits per heavy atom. The molecule has 0 N–H and O–H groups in total. The van der Waals surface area contributed by atoms with E-state index in [1.54, 1.807) is 0 Å². The molecule has 0 bridgehead atoms. The third-order valence-corrected chi connectivity index (χ3v) is 13.7. The highest BCUT2D eigenvalue weighted by molar-refractivity contribution is 5.71. The first kappa shape index (κ1) is 66.6. The molecule has 0 aliphatic rings. The molecule has 0 aliphatic carbocycles. The molecule has 1 atom stereocenters. The number of ether oxygens (including phenoxy) is 3. The van der Waals surface area contributed by atoms with Crippen LogP contribution in [0, 0.1) is 0 Å². The van der Waals surface area contributed by atoms with Gasteiger partial charge in [0.15, 0.2) is 6.10 Å². The third kappa shape index (κ3) is 56.4. The van der Waals surface area contributed by atoms with Gasteiger partial charge in [-0.05, 0) is 51.4 Å². The molecule has 404 valence electrons. The molecule has 0 saturated carbocycles. The van der Waals surface area contributed by atoms with Crippen molar-refractivity contribution in [2.75, 3.05) is 13.2 Å². The van der Waals surface area contributed by atoms with Crippen molar-refractivity contribution in [3.63, 3.8) is 0 Å². The fraction of sp³-hybridized carbons (Fsp3) is 0.857. The van der Waals surface area contributed by atoms with Crippen LogP contribution in [0.5, 0.6) is 0 Å². The Labute approximate surface area is 429 Å². The number of esters is 3. The quantitative estimate of drug-likeness (QED) is 0.0261. The lowest BCUT2D eigenvalue weighted by molar-refractivity contribution is -0.167. The molecule has 0 aromatic heterocycles. The summed E-state index contributed by atoms with van der Waals surface area (Å²) in [4.78, 5) is 38.2. The van der Waals surface area contributed by atoms with Crippen LogP contribution in [0.3, 0.4) is 0 Å². The van der Waals surface area contributed by atoms with Gasteiger partial charge in [0.25, 0.3) is 0 Å². The Balaban J connectivity index is 4.30. The molecule has 0 spiro atoms. The standard InChI is InChI=1S/C63H116O6/c1-4-7-10-13-16-19-22-25-27-29-31-33-35-38-41-44-47-50-53-56-62(65)68-59-60(58-67-61(64)55-52-49-46-43-40-37-24-21-18-15-12-9-6-3)69-63(66)57-54-51-48-45-42-39-36-34-32-30-28-26-23-20-17-14-11-8-5-2/h7,10,16,19,25,27,60H,4-6,8-9,11-15,17-18,20-24,26,28-59H2,1-3H3/b10-7-,19-16-,27-25-. The smallest absolute Gasteiger partial charge is 0.306 e. The van der Waals surface area contributed by atoms with Crippen LogP contribution < -0.4 is 0 Å². The predicted molar refractivity (Wildman–Crippen MR) is 298 cm³/mol. The maximum absolute atomic E-state index is 12.9. The summed E-state index contributed by atoms with van der Waals surface area (Å²) >= 11 is 0. The summed E-state index contributed by atoms with van der Waals surface area (Å²) in [7, 11) is 0. The summed E-state index contributed by atoms with van der Waals surface area (Å²) in [6.45, 7) is 6.58. The minimum Gasteiger partial charge on any atom is -0.462 e. The Hall–Kier alpha value is -2.37. The van der Waals surface area contributed by atoms with E-state index in [9.17, 15) is 14.4 Å². The molecule has 0 radical (unpaired) electrons. The zero-order chi connectivity index (χ0) is 50.0. The topological polar surface area (TPSA) is 78.9 Å². The summed E-state index contributed by atoms with van der Waals surface area (Å²) < 4.78 is 16.9. The second-order valence-corrected chi connectivity index (χ2v) is 20.6. The van der Waals surface area contributed by atoms with E-state index in [0.717, 1.165) is 77.0 Å². The highest BCUT2D eigenvalue weighted by Gasteiger charge is 2.19. The molecule has 0 amide bonds. The lowest BCUT2D eigenvalue weighted by Gasteiger charge is -2.18. The molecular formula is C63H116O6. The summed E-state index contributed by atoms with van der Waals surface area (Å²) in [6.07, 6.45) is 70.0. The van der Waals surface area contributed by atoms with Crippen molar-refractivity contribution in [1.29, 1.82) is 0 Å². The van der Waals surface area contributed by atoms with Gasteiger partial charge >= 0.3 is 17.9 Å². The van der Waals surface area contributed by atoms with Crippen molar-refractivity contribution >= 4 is 17.9 Å². The highest BCUT2D eigenvalue weighted by atomic mass is 16.6. The number of unbranched alkanes of at least 4 members (excludes halogenated alkanes) is 39. The summed E-state index contributed by atoms with van der Waals surface area (Å²) in [5, 5.41) is 0. The van der Waals surface area contributed by atoms with Gasteiger partial charge in [-0.2, -0.15) is 0 Å². The Morgan fingerprint density at radius 2 is 0.565 bits per heavy atom.